The second-order valence-electron chi connectivity index (χ2n) is 3.54. The number of methoxy groups -OCH3 is 2. The molecule has 0 saturated carbocycles. The van der Waals surface area contributed by atoms with Crippen LogP contribution in [0.25, 0.3) is 0 Å². The van der Waals surface area contributed by atoms with Crippen LogP contribution in [0.3, 0.4) is 0 Å². The lowest BCUT2D eigenvalue weighted by atomic mass is 10.2. The van der Waals surface area contributed by atoms with Gasteiger partial charge in [0.05, 0.1) is 26.9 Å². The summed E-state index contributed by atoms with van der Waals surface area (Å²) in [6, 6.07) is 5.82. The number of rotatable bonds is 9. The Morgan fingerprint density at radius 2 is 1.83 bits per heavy atom. The molecule has 1 rings (SSSR count). The minimum atomic E-state index is 0.490. The molecule has 1 aromatic rings. The van der Waals surface area contributed by atoms with Crippen molar-refractivity contribution >= 4 is 15.9 Å². The predicted octanol–water partition coefficient (Wildman–Crippen LogP) is 2.63. The molecule has 102 valence electrons. The Balaban J connectivity index is 2.45. The summed E-state index contributed by atoms with van der Waals surface area (Å²) in [5.41, 5.74) is 1.06. The highest BCUT2D eigenvalue weighted by Gasteiger charge is 2.09. The molecule has 0 unspecified atom stereocenters. The quantitative estimate of drug-likeness (QED) is 0.518. The maximum absolute atomic E-state index is 5.71. The molecule has 0 aromatic heterocycles. The summed E-state index contributed by atoms with van der Waals surface area (Å²) < 4.78 is 21.2. The minimum absolute atomic E-state index is 0.490. The lowest BCUT2D eigenvalue weighted by Gasteiger charge is -2.14. The van der Waals surface area contributed by atoms with E-state index in [-0.39, 0.29) is 0 Å². The van der Waals surface area contributed by atoms with Crippen molar-refractivity contribution in [3.63, 3.8) is 0 Å². The van der Waals surface area contributed by atoms with E-state index in [1.807, 2.05) is 18.2 Å². The van der Waals surface area contributed by atoms with Crippen molar-refractivity contribution in [1.29, 1.82) is 0 Å². The zero-order chi connectivity index (χ0) is 13.2. The van der Waals surface area contributed by atoms with Gasteiger partial charge in [0, 0.05) is 18.0 Å². The van der Waals surface area contributed by atoms with Crippen molar-refractivity contribution < 1.29 is 18.9 Å². The highest BCUT2D eigenvalue weighted by Crippen LogP contribution is 2.32. The van der Waals surface area contributed by atoms with Gasteiger partial charge in [-0.2, -0.15) is 0 Å². The van der Waals surface area contributed by atoms with E-state index in [2.05, 4.69) is 15.9 Å². The maximum atomic E-state index is 5.71. The van der Waals surface area contributed by atoms with Gasteiger partial charge >= 0.3 is 0 Å². The standard InChI is InChI=1S/C13H19BrO4/c1-15-6-7-17-8-9-18-13-11(10-14)4-3-5-12(13)16-2/h3-5H,6-10H2,1-2H3. The van der Waals surface area contributed by atoms with Crippen molar-refractivity contribution in [3.8, 4) is 11.5 Å². The second kappa shape index (κ2) is 9.19. The monoisotopic (exact) mass is 318 g/mol. The largest absolute Gasteiger partial charge is 0.493 e. The van der Waals surface area contributed by atoms with Crippen LogP contribution >= 0.6 is 15.9 Å². The second-order valence-corrected chi connectivity index (χ2v) is 4.10. The maximum Gasteiger partial charge on any atom is 0.165 e. The van der Waals surface area contributed by atoms with Crippen LogP contribution in [0, 0.1) is 0 Å². The molecule has 0 bridgehead atoms. The fourth-order valence-corrected chi connectivity index (χ4v) is 1.88. The van der Waals surface area contributed by atoms with Crippen molar-refractivity contribution in [1.82, 2.24) is 0 Å². The van der Waals surface area contributed by atoms with Crippen LogP contribution in [0.1, 0.15) is 5.56 Å². The van der Waals surface area contributed by atoms with Gasteiger partial charge < -0.3 is 18.9 Å². The van der Waals surface area contributed by atoms with E-state index in [9.17, 15) is 0 Å². The summed E-state index contributed by atoms with van der Waals surface area (Å²) in [6.45, 7) is 2.20. The number of hydrogen-bond acceptors (Lipinski definition) is 4. The average Bonchev–Trinajstić information content (AvgIpc) is 2.42. The van der Waals surface area contributed by atoms with Crippen molar-refractivity contribution in [2.75, 3.05) is 40.6 Å². The van der Waals surface area contributed by atoms with E-state index in [4.69, 9.17) is 18.9 Å². The first-order valence-electron chi connectivity index (χ1n) is 5.74. The van der Waals surface area contributed by atoms with Gasteiger partial charge in [-0.05, 0) is 6.07 Å². The SMILES string of the molecule is COCCOCCOc1c(CBr)cccc1OC. The van der Waals surface area contributed by atoms with Crippen LogP contribution in [-0.2, 0) is 14.8 Å². The van der Waals surface area contributed by atoms with Gasteiger partial charge in [-0.25, -0.2) is 0 Å². The molecule has 0 radical (unpaired) electrons. The molecule has 0 spiro atoms. The van der Waals surface area contributed by atoms with Gasteiger partial charge in [0.1, 0.15) is 6.61 Å². The molecule has 0 fully saturated rings. The van der Waals surface area contributed by atoms with E-state index in [0.29, 0.717) is 26.4 Å². The fourth-order valence-electron chi connectivity index (χ4n) is 1.44. The van der Waals surface area contributed by atoms with Crippen LogP contribution in [0.15, 0.2) is 18.2 Å². The average molecular weight is 319 g/mol. The third kappa shape index (κ3) is 4.84. The van der Waals surface area contributed by atoms with E-state index in [1.165, 1.54) is 0 Å². The molecule has 0 aliphatic rings. The van der Waals surface area contributed by atoms with Crippen molar-refractivity contribution in [3.05, 3.63) is 23.8 Å². The van der Waals surface area contributed by atoms with Gasteiger partial charge in [0.15, 0.2) is 11.5 Å². The molecule has 0 saturated heterocycles. The number of ether oxygens (including phenoxy) is 4. The molecule has 1 aromatic carbocycles. The first kappa shape index (κ1) is 15.3. The lowest BCUT2D eigenvalue weighted by molar-refractivity contribution is 0.0538. The molecule has 0 atom stereocenters. The minimum Gasteiger partial charge on any atom is -0.493 e. The zero-order valence-electron chi connectivity index (χ0n) is 10.8. The van der Waals surface area contributed by atoms with Gasteiger partial charge in [0.25, 0.3) is 0 Å². The van der Waals surface area contributed by atoms with E-state index in [0.717, 1.165) is 22.4 Å². The molecule has 0 aliphatic carbocycles. The van der Waals surface area contributed by atoms with Crippen LogP contribution in [0.2, 0.25) is 0 Å². The predicted molar refractivity (Wildman–Crippen MR) is 73.8 cm³/mol. The Bertz CT molecular complexity index is 322. The Kier molecular flexibility index (Phi) is 7.80. The topological polar surface area (TPSA) is 36.9 Å². The summed E-state index contributed by atoms with van der Waals surface area (Å²) >= 11 is 3.43. The molecule has 18 heavy (non-hydrogen) atoms. The molecule has 0 amide bonds. The Hall–Kier alpha value is -0.780. The van der Waals surface area contributed by atoms with E-state index < -0.39 is 0 Å². The van der Waals surface area contributed by atoms with Crippen molar-refractivity contribution in [2.45, 2.75) is 5.33 Å². The van der Waals surface area contributed by atoms with Gasteiger partial charge in [-0.3, -0.25) is 0 Å². The van der Waals surface area contributed by atoms with Gasteiger partial charge in [-0.15, -0.1) is 0 Å². The summed E-state index contributed by atoms with van der Waals surface area (Å²) in [7, 11) is 3.28. The molecule has 4 nitrogen and oxygen atoms in total. The normalized spacial score (nSPS) is 10.4. The lowest BCUT2D eigenvalue weighted by Crippen LogP contribution is -2.11. The van der Waals surface area contributed by atoms with Gasteiger partial charge in [0.2, 0.25) is 0 Å². The van der Waals surface area contributed by atoms with Crippen LogP contribution in [-0.4, -0.2) is 40.6 Å². The molecular formula is C13H19BrO4. The third-order valence-corrected chi connectivity index (χ3v) is 2.93. The first-order valence-corrected chi connectivity index (χ1v) is 6.87. The summed E-state index contributed by atoms with van der Waals surface area (Å²) in [5.74, 6) is 1.51. The Morgan fingerprint density at radius 1 is 1.06 bits per heavy atom. The van der Waals surface area contributed by atoms with E-state index in [1.54, 1.807) is 14.2 Å². The Morgan fingerprint density at radius 3 is 2.50 bits per heavy atom. The summed E-state index contributed by atoms with van der Waals surface area (Å²) in [6.07, 6.45) is 0. The third-order valence-electron chi connectivity index (χ3n) is 2.33. The summed E-state index contributed by atoms with van der Waals surface area (Å²) in [4.78, 5) is 0. The van der Waals surface area contributed by atoms with Crippen LogP contribution in [0.5, 0.6) is 11.5 Å². The molecular weight excluding hydrogens is 300 g/mol. The molecule has 0 N–H and O–H groups in total. The van der Waals surface area contributed by atoms with Crippen LogP contribution in [0.4, 0.5) is 0 Å². The number of para-hydroxylation sites is 1. The zero-order valence-corrected chi connectivity index (χ0v) is 12.4. The van der Waals surface area contributed by atoms with Crippen LogP contribution < -0.4 is 9.47 Å². The van der Waals surface area contributed by atoms with Gasteiger partial charge in [-0.1, -0.05) is 28.1 Å². The van der Waals surface area contributed by atoms with E-state index >= 15 is 0 Å². The molecule has 0 heterocycles. The van der Waals surface area contributed by atoms with Crippen molar-refractivity contribution in [2.24, 2.45) is 0 Å². The number of alkyl halides is 1. The summed E-state index contributed by atoms with van der Waals surface area (Å²) in [5, 5.41) is 0.726. The number of benzene rings is 1. The first-order chi connectivity index (χ1) is 8.83. The number of hydrogen-bond donors (Lipinski definition) is 0. The number of halogens is 1. The molecule has 5 heteroatoms. The molecule has 0 aliphatic heterocycles. The Labute approximate surface area is 116 Å². The fraction of sp³-hybridized carbons (Fsp3) is 0.538. The smallest absolute Gasteiger partial charge is 0.165 e. The highest BCUT2D eigenvalue weighted by atomic mass is 79.9. The highest BCUT2D eigenvalue weighted by molar-refractivity contribution is 9.08.